The number of carbonyl (C=O) groups excluding carboxylic acids is 4. The highest BCUT2D eigenvalue weighted by Gasteiger charge is 2.48. The average molecular weight is 465 g/mol. The van der Waals surface area contributed by atoms with Gasteiger partial charge in [0.2, 0.25) is 17.7 Å². The molecule has 0 spiro atoms. The van der Waals surface area contributed by atoms with Gasteiger partial charge in [-0.2, -0.15) is 0 Å². The molecule has 168 valence electrons. The van der Waals surface area contributed by atoms with Crippen LogP contribution in [0.4, 0.5) is 11.4 Å². The molecule has 5 rings (SSSR count). The number of halogens is 1. The monoisotopic (exact) mass is 464 g/mol. The van der Waals surface area contributed by atoms with E-state index in [1.165, 1.54) is 15.9 Å². The van der Waals surface area contributed by atoms with Crippen LogP contribution >= 0.6 is 11.6 Å². The third kappa shape index (κ3) is 3.93. The van der Waals surface area contributed by atoms with Crippen molar-refractivity contribution in [2.75, 3.05) is 16.3 Å². The Labute approximate surface area is 195 Å². The summed E-state index contributed by atoms with van der Waals surface area (Å²) < 4.78 is 5.54. The minimum absolute atomic E-state index is 0.0423. The van der Waals surface area contributed by atoms with Crippen LogP contribution in [-0.4, -0.2) is 30.2 Å². The SMILES string of the molecule is O=C(Oc1cccc(N2C(=O)[C@H]3CC=CC[C@H]3C2=O)c1)[C@@H]1CC(=O)N(c2ccc(Cl)cc2)C1. The molecule has 0 aromatic heterocycles. The van der Waals surface area contributed by atoms with E-state index in [-0.39, 0.29) is 48.3 Å². The van der Waals surface area contributed by atoms with Crippen LogP contribution in [0.2, 0.25) is 5.02 Å². The lowest BCUT2D eigenvalue weighted by Crippen LogP contribution is -2.31. The van der Waals surface area contributed by atoms with E-state index in [1.54, 1.807) is 42.5 Å². The van der Waals surface area contributed by atoms with Crippen molar-refractivity contribution in [3.8, 4) is 5.75 Å². The molecule has 3 amide bonds. The highest BCUT2D eigenvalue weighted by atomic mass is 35.5. The number of rotatable bonds is 4. The first-order valence-corrected chi connectivity index (χ1v) is 11.2. The first-order chi connectivity index (χ1) is 15.9. The Morgan fingerprint density at radius 1 is 0.909 bits per heavy atom. The second-order valence-electron chi connectivity index (χ2n) is 8.47. The van der Waals surface area contributed by atoms with E-state index >= 15 is 0 Å². The molecular weight excluding hydrogens is 444 g/mol. The fraction of sp³-hybridized carbons (Fsp3) is 0.280. The number of fused-ring (bicyclic) bond motifs is 1. The van der Waals surface area contributed by atoms with E-state index < -0.39 is 11.9 Å². The summed E-state index contributed by atoms with van der Waals surface area (Å²) in [4.78, 5) is 53.6. The molecule has 0 bridgehead atoms. The van der Waals surface area contributed by atoms with Crippen molar-refractivity contribution in [1.82, 2.24) is 0 Å². The molecule has 3 atom stereocenters. The summed E-state index contributed by atoms with van der Waals surface area (Å²) in [6, 6.07) is 13.2. The second kappa shape index (κ2) is 8.48. The molecule has 0 radical (unpaired) electrons. The molecule has 8 heteroatoms. The Hall–Kier alpha value is -3.45. The van der Waals surface area contributed by atoms with Gasteiger partial charge in [0.05, 0.1) is 23.4 Å². The van der Waals surface area contributed by atoms with Gasteiger partial charge in [0.15, 0.2) is 0 Å². The molecule has 0 unspecified atom stereocenters. The van der Waals surface area contributed by atoms with Crippen molar-refractivity contribution in [1.29, 1.82) is 0 Å². The molecule has 2 aliphatic heterocycles. The average Bonchev–Trinajstić information content (AvgIpc) is 3.32. The summed E-state index contributed by atoms with van der Waals surface area (Å²) in [7, 11) is 0. The van der Waals surface area contributed by atoms with Crippen LogP contribution < -0.4 is 14.5 Å². The molecule has 2 saturated heterocycles. The lowest BCUT2D eigenvalue weighted by atomic mass is 9.85. The predicted octanol–water partition coefficient (Wildman–Crippen LogP) is 3.75. The zero-order valence-corrected chi connectivity index (χ0v) is 18.4. The maximum Gasteiger partial charge on any atom is 0.316 e. The van der Waals surface area contributed by atoms with E-state index in [9.17, 15) is 19.2 Å². The lowest BCUT2D eigenvalue weighted by Gasteiger charge is -2.17. The first-order valence-electron chi connectivity index (χ1n) is 10.8. The molecule has 2 fully saturated rings. The van der Waals surface area contributed by atoms with Gasteiger partial charge < -0.3 is 9.64 Å². The maximum absolute atomic E-state index is 12.8. The second-order valence-corrected chi connectivity index (χ2v) is 8.90. The fourth-order valence-corrected chi connectivity index (χ4v) is 4.80. The Kier molecular flexibility index (Phi) is 5.50. The predicted molar refractivity (Wildman–Crippen MR) is 122 cm³/mol. The molecule has 2 aromatic carbocycles. The summed E-state index contributed by atoms with van der Waals surface area (Å²) in [5.74, 6) is -2.22. The van der Waals surface area contributed by atoms with Gasteiger partial charge in [0, 0.05) is 29.7 Å². The smallest absolute Gasteiger partial charge is 0.316 e. The summed E-state index contributed by atoms with van der Waals surface area (Å²) in [6.45, 7) is 0.207. The van der Waals surface area contributed by atoms with Crippen LogP contribution in [-0.2, 0) is 19.2 Å². The maximum atomic E-state index is 12.8. The Morgan fingerprint density at radius 2 is 1.58 bits per heavy atom. The molecule has 2 aromatic rings. The molecule has 1 aliphatic carbocycles. The molecular formula is C25H21ClN2O5. The molecule has 33 heavy (non-hydrogen) atoms. The number of esters is 1. The van der Waals surface area contributed by atoms with Crippen LogP contribution in [0.15, 0.2) is 60.7 Å². The number of ether oxygens (including phenoxy) is 1. The third-order valence-electron chi connectivity index (χ3n) is 6.40. The first kappa shape index (κ1) is 21.4. The molecule has 0 saturated carbocycles. The zero-order valence-electron chi connectivity index (χ0n) is 17.6. The van der Waals surface area contributed by atoms with Gasteiger partial charge in [-0.25, -0.2) is 4.90 Å². The standard InChI is InChI=1S/C25H21ClN2O5/c26-16-8-10-17(11-9-16)27-14-15(12-22(27)29)25(32)33-19-5-3-4-18(13-19)28-23(30)20-6-1-2-7-21(20)24(28)31/h1-5,8-11,13,15,20-21H,6-7,12,14H2/t15-,20-,21+/m1/s1. The molecule has 0 N–H and O–H groups in total. The van der Waals surface area contributed by atoms with Gasteiger partial charge in [0.25, 0.3) is 0 Å². The van der Waals surface area contributed by atoms with Gasteiger partial charge in [-0.1, -0.05) is 29.8 Å². The summed E-state index contributed by atoms with van der Waals surface area (Å²) in [5.41, 5.74) is 1.05. The van der Waals surface area contributed by atoms with Crippen molar-refractivity contribution in [3.63, 3.8) is 0 Å². The largest absolute Gasteiger partial charge is 0.426 e. The van der Waals surface area contributed by atoms with Crippen molar-refractivity contribution < 1.29 is 23.9 Å². The molecule has 7 nitrogen and oxygen atoms in total. The number of benzene rings is 2. The van der Waals surface area contributed by atoms with E-state index in [2.05, 4.69) is 0 Å². The summed E-state index contributed by atoms with van der Waals surface area (Å²) in [5, 5.41) is 0.562. The van der Waals surface area contributed by atoms with Gasteiger partial charge in [0.1, 0.15) is 5.75 Å². The van der Waals surface area contributed by atoms with Gasteiger partial charge in [-0.05, 0) is 49.2 Å². The van der Waals surface area contributed by atoms with Gasteiger partial charge in [-0.15, -0.1) is 0 Å². The van der Waals surface area contributed by atoms with Crippen LogP contribution in [0, 0.1) is 17.8 Å². The third-order valence-corrected chi connectivity index (χ3v) is 6.65. The minimum atomic E-state index is -0.624. The summed E-state index contributed by atoms with van der Waals surface area (Å²) >= 11 is 5.91. The summed E-state index contributed by atoms with van der Waals surface area (Å²) in [6.07, 6.45) is 5.02. The van der Waals surface area contributed by atoms with Crippen molar-refractivity contribution >= 4 is 46.7 Å². The Morgan fingerprint density at radius 3 is 2.24 bits per heavy atom. The lowest BCUT2D eigenvalue weighted by molar-refractivity contribution is -0.139. The Balaban J connectivity index is 1.29. The molecule has 2 heterocycles. The van der Waals surface area contributed by atoms with Crippen LogP contribution in [0.3, 0.4) is 0 Å². The normalized spacial score (nSPS) is 24.4. The van der Waals surface area contributed by atoms with Crippen molar-refractivity contribution in [3.05, 3.63) is 65.7 Å². The topological polar surface area (TPSA) is 84.0 Å². The number of amides is 3. The van der Waals surface area contributed by atoms with Crippen LogP contribution in [0.25, 0.3) is 0 Å². The van der Waals surface area contributed by atoms with Crippen molar-refractivity contribution in [2.45, 2.75) is 19.3 Å². The highest BCUT2D eigenvalue weighted by Crippen LogP contribution is 2.38. The van der Waals surface area contributed by atoms with Gasteiger partial charge in [-0.3, -0.25) is 19.2 Å². The number of hydrogen-bond donors (Lipinski definition) is 0. The highest BCUT2D eigenvalue weighted by molar-refractivity contribution is 6.30. The van der Waals surface area contributed by atoms with E-state index in [0.29, 0.717) is 29.2 Å². The Bertz CT molecular complexity index is 1150. The zero-order chi connectivity index (χ0) is 23.1. The fourth-order valence-electron chi connectivity index (χ4n) is 4.68. The van der Waals surface area contributed by atoms with E-state index in [0.717, 1.165) is 0 Å². The quantitative estimate of drug-likeness (QED) is 0.298. The number of carbonyl (C=O) groups is 4. The van der Waals surface area contributed by atoms with Gasteiger partial charge >= 0.3 is 5.97 Å². The van der Waals surface area contributed by atoms with E-state index in [1.807, 2.05) is 12.2 Å². The van der Waals surface area contributed by atoms with Crippen molar-refractivity contribution in [2.24, 2.45) is 17.8 Å². The number of imide groups is 1. The van der Waals surface area contributed by atoms with Crippen LogP contribution in [0.5, 0.6) is 5.75 Å². The number of anilines is 2. The number of hydrogen-bond acceptors (Lipinski definition) is 5. The van der Waals surface area contributed by atoms with E-state index in [4.69, 9.17) is 16.3 Å². The molecule has 3 aliphatic rings. The number of allylic oxidation sites excluding steroid dienone is 2. The minimum Gasteiger partial charge on any atom is -0.426 e. The number of nitrogens with zero attached hydrogens (tertiary/aromatic N) is 2. The van der Waals surface area contributed by atoms with Crippen LogP contribution in [0.1, 0.15) is 19.3 Å².